The first-order chi connectivity index (χ1) is 28.9. The molecule has 2 aromatic carbocycles. The fourth-order valence-corrected chi connectivity index (χ4v) is 8.94. The Labute approximate surface area is 432 Å². The molecule has 0 amide bonds. The molecule has 1 N–H and O–H groups in total. The van der Waals surface area contributed by atoms with Crippen molar-refractivity contribution in [1.29, 1.82) is 0 Å². The van der Waals surface area contributed by atoms with Crippen LogP contribution in [0.1, 0.15) is 114 Å². The van der Waals surface area contributed by atoms with Gasteiger partial charge in [0.2, 0.25) is 0 Å². The van der Waals surface area contributed by atoms with Gasteiger partial charge in [-0.1, -0.05) is 63.8 Å². The Hall–Kier alpha value is -3.22. The number of rotatable bonds is 18. The van der Waals surface area contributed by atoms with Gasteiger partial charge in [-0.2, -0.15) is 0 Å². The largest absolute Gasteiger partial charge is 1.00 e. The Bertz CT molecular complexity index is 2160. The fraction of sp³-hybridized carbons (Fsp3) is 0.562. The number of esters is 1. The number of ether oxygens (including phenoxy) is 1. The molecule has 4 unspecified atom stereocenters. The molecule has 0 spiro atoms. The maximum atomic E-state index is 11.9. The van der Waals surface area contributed by atoms with Crippen LogP contribution in [0.15, 0.2) is 70.9 Å². The Morgan fingerprint density at radius 1 is 0.731 bits per heavy atom. The Kier molecular flexibility index (Phi) is 30.2. The Balaban J connectivity index is -0.000000554. The summed E-state index contributed by atoms with van der Waals surface area (Å²) in [6.45, 7) is 26.4. The first-order valence-corrected chi connectivity index (χ1v) is 26.9. The number of imidazole rings is 2. The van der Waals surface area contributed by atoms with Gasteiger partial charge in [-0.05, 0) is 50.1 Å². The number of carbonyl (C=O) groups excluding carboxylic acids is 1. The van der Waals surface area contributed by atoms with Crippen LogP contribution in [-0.4, -0.2) is 108 Å². The molecule has 363 valence electrons. The normalized spacial score (nSPS) is 13.4. The van der Waals surface area contributed by atoms with Gasteiger partial charge in [0.05, 0.1) is 0 Å². The van der Waals surface area contributed by atoms with Gasteiger partial charge in [0.25, 0.3) is 0 Å². The molecule has 0 aliphatic rings. The number of aliphatic hydroxyl groups is 1. The molecule has 13 nitrogen and oxygen atoms in total. The van der Waals surface area contributed by atoms with E-state index in [1.165, 1.54) is 13.2 Å². The van der Waals surface area contributed by atoms with Crippen LogP contribution in [0.25, 0.3) is 22.5 Å². The summed E-state index contributed by atoms with van der Waals surface area (Å²) in [6.07, 6.45) is 7.04. The van der Waals surface area contributed by atoms with E-state index in [1.807, 2.05) is 84.2 Å². The first-order valence-electron chi connectivity index (χ1n) is 21.1. The molecule has 0 saturated heterocycles. The number of aliphatic hydroxyl groups excluding tert-OH is 1. The van der Waals surface area contributed by atoms with Crippen molar-refractivity contribution in [3.05, 3.63) is 83.7 Å². The van der Waals surface area contributed by atoms with Crippen LogP contribution in [0.2, 0.25) is 36.3 Å². The predicted octanol–water partition coefficient (Wildman–Crippen LogP) is 7.13. The van der Waals surface area contributed by atoms with Crippen LogP contribution in [0, 0.1) is 0 Å². The third kappa shape index (κ3) is 19.6. The summed E-state index contributed by atoms with van der Waals surface area (Å²) < 4.78 is 42.9. The zero-order valence-electron chi connectivity index (χ0n) is 42.2. The van der Waals surface area contributed by atoms with Gasteiger partial charge in [0.15, 0.2) is 16.6 Å². The van der Waals surface area contributed by atoms with E-state index in [1.54, 1.807) is 0 Å². The van der Waals surface area contributed by atoms with E-state index in [-0.39, 0.29) is 96.6 Å². The van der Waals surface area contributed by atoms with Crippen molar-refractivity contribution in [2.75, 3.05) is 13.7 Å². The number of nitrogens with zero attached hydrogens (tertiary/aromatic N) is 6. The minimum Gasteiger partial charge on any atom is -1.00 e. The summed E-state index contributed by atoms with van der Waals surface area (Å²) in [5, 5.41) is 9.69. The molecule has 0 aliphatic heterocycles. The van der Waals surface area contributed by atoms with Crippen LogP contribution < -0.4 is 29.6 Å². The molecule has 67 heavy (non-hydrogen) atoms. The SMILES string of the molecule is C.C.C.CC(O[Si](C)(C)C(C)(C)C)c1nc(-c2ccc(CC(CO)N=CB=O)cc2)cn1C.COC(=O)C(Cc1ccc(-c2cn(C)c(C(C)O[Si](C)(C)C(C)(C)C)n2)cc1)N=CB=O.[B].[H-].[Na+]. The van der Waals surface area contributed by atoms with Gasteiger partial charge in [0.1, 0.15) is 0 Å². The van der Waals surface area contributed by atoms with Gasteiger partial charge in [-0.25, -0.2) is 0 Å². The van der Waals surface area contributed by atoms with Gasteiger partial charge < -0.3 is 10.3 Å². The van der Waals surface area contributed by atoms with Crippen molar-refractivity contribution in [3.8, 4) is 22.5 Å². The molecular weight excluding hydrogens is 884 g/mol. The van der Waals surface area contributed by atoms with Crippen LogP contribution >= 0.6 is 0 Å². The molecule has 0 saturated carbocycles. The van der Waals surface area contributed by atoms with Crippen LogP contribution in [0.3, 0.4) is 0 Å². The maximum absolute atomic E-state index is 11.9. The minimum atomic E-state index is -1.91. The fourth-order valence-electron chi connectivity index (χ4n) is 6.25. The molecule has 4 rings (SSSR count). The number of benzene rings is 2. The summed E-state index contributed by atoms with van der Waals surface area (Å²) in [7, 11) is 2.67. The molecule has 0 aliphatic carbocycles. The molecule has 0 fully saturated rings. The van der Waals surface area contributed by atoms with E-state index in [9.17, 15) is 19.3 Å². The molecular formula is C48H81B3N6NaO7Si2. The van der Waals surface area contributed by atoms with Crippen molar-refractivity contribution in [3.63, 3.8) is 0 Å². The van der Waals surface area contributed by atoms with Crippen LogP contribution in [0.4, 0.5) is 0 Å². The van der Waals surface area contributed by atoms with Crippen LogP contribution in [0.5, 0.6) is 0 Å². The van der Waals surface area contributed by atoms with Gasteiger partial charge in [0, 0.05) is 8.41 Å². The summed E-state index contributed by atoms with van der Waals surface area (Å²) >= 11 is 0. The second-order valence-electron chi connectivity index (χ2n) is 18.8. The number of methoxy groups -OCH3 is 1. The van der Waals surface area contributed by atoms with Crippen LogP contribution in [-0.2, 0) is 54.7 Å². The quantitative estimate of drug-likeness (QED) is 0.0622. The molecule has 4 aromatic rings. The van der Waals surface area contributed by atoms with E-state index in [2.05, 4.69) is 91.6 Å². The molecule has 2 aromatic heterocycles. The summed E-state index contributed by atoms with van der Waals surface area (Å²) in [6, 6.07) is 14.8. The molecule has 4 atom stereocenters. The van der Waals surface area contributed by atoms with E-state index >= 15 is 0 Å². The Morgan fingerprint density at radius 3 is 1.42 bits per heavy atom. The van der Waals surface area contributed by atoms with Crippen molar-refractivity contribution >= 4 is 57.5 Å². The number of hydrogen-bond donors (Lipinski definition) is 1. The number of aryl methyl sites for hydroxylation is 2. The Morgan fingerprint density at radius 2 is 1.09 bits per heavy atom. The zero-order valence-corrected chi connectivity index (χ0v) is 45.2. The van der Waals surface area contributed by atoms with E-state index in [0.29, 0.717) is 27.1 Å². The first kappa shape index (κ1) is 68.0. The van der Waals surface area contributed by atoms with E-state index < -0.39 is 28.6 Å². The average Bonchev–Trinajstić information content (AvgIpc) is 3.79. The summed E-state index contributed by atoms with van der Waals surface area (Å²) in [5.74, 6) is 1.34. The van der Waals surface area contributed by atoms with E-state index in [4.69, 9.17) is 23.6 Å². The minimum absolute atomic E-state index is 0. The summed E-state index contributed by atoms with van der Waals surface area (Å²) in [5.41, 5.74) is 5.73. The molecule has 0 bridgehead atoms. The third-order valence-electron chi connectivity index (χ3n) is 11.9. The number of carbonyl (C=O) groups is 1. The van der Waals surface area contributed by atoms with Gasteiger partial charge in [-0.3, -0.25) is 0 Å². The molecule has 19 heteroatoms. The standard InChI is InChI=1S/C23H34BN3O4Si.C22H34BN3O3Si.3CH4.B.Na.H/c1-16(31-32(7,8)23(2,3)4)21-26-20(14-27(21)5)18-11-9-17(10-12-18)13-19(22(28)30-6)25-15-24-29;1-16(29-30(6,7)22(2,3)4)21-25-20(13-26(21)5)18-10-8-17(9-11-18)12-19(14-27)24-15-23-28;;;;;;/h9-12,14-16,19H,13H2,1-8H3;8-11,13,15-16,19,27H,12,14H2,1-7H3;3*1H4;;;/q;;;;;;+1;-1. The van der Waals surface area contributed by atoms with Crippen molar-refractivity contribution in [2.24, 2.45) is 24.1 Å². The zero-order chi connectivity index (χ0) is 46.6. The summed E-state index contributed by atoms with van der Waals surface area (Å²) in [4.78, 5) is 29.6. The van der Waals surface area contributed by atoms with Gasteiger partial charge in [-0.15, -0.1) is 0 Å². The smallest absolute Gasteiger partial charge is 1.00 e. The molecule has 3 radical (unpaired) electrons. The number of aliphatic imine (C=N–C) groups is 2. The third-order valence-corrected chi connectivity index (χ3v) is 21.0. The van der Waals surface area contributed by atoms with Crippen molar-refractivity contribution < 1.29 is 63.9 Å². The monoisotopic (exact) mass is 966 g/mol. The second-order valence-corrected chi connectivity index (χ2v) is 28.3. The predicted molar refractivity (Wildman–Crippen MR) is 282 cm³/mol. The maximum Gasteiger partial charge on any atom is 1.00 e. The van der Waals surface area contributed by atoms with Gasteiger partial charge >= 0.3 is 286 Å². The number of aromatic nitrogens is 4. The van der Waals surface area contributed by atoms with Crippen molar-refractivity contribution in [1.82, 2.24) is 19.1 Å². The topological polar surface area (TPSA) is 159 Å². The molecule has 2 heterocycles. The van der Waals surface area contributed by atoms with E-state index in [0.717, 1.165) is 51.4 Å². The van der Waals surface area contributed by atoms with Crippen molar-refractivity contribution in [2.45, 2.75) is 151 Å². The average molecular weight is 966 g/mol. The second kappa shape index (κ2) is 29.7. The number of hydrogen-bond acceptors (Lipinski definition) is 11.